The van der Waals surface area contributed by atoms with Crippen LogP contribution in [0.4, 0.5) is 0 Å². The van der Waals surface area contributed by atoms with Crippen molar-refractivity contribution < 1.29 is 14.2 Å². The summed E-state index contributed by atoms with van der Waals surface area (Å²) in [7, 11) is 0. The van der Waals surface area contributed by atoms with Gasteiger partial charge in [-0.1, -0.05) is 13.0 Å². The van der Waals surface area contributed by atoms with Crippen LogP contribution in [0.2, 0.25) is 0 Å². The lowest BCUT2D eigenvalue weighted by Crippen LogP contribution is -2.61. The predicted octanol–water partition coefficient (Wildman–Crippen LogP) is 4.79. The first kappa shape index (κ1) is 14.5. The Kier molecular flexibility index (Phi) is 2.91. The van der Waals surface area contributed by atoms with Crippen LogP contribution in [0, 0.1) is 17.8 Å². The second-order valence-electron chi connectivity index (χ2n) is 7.90. The highest BCUT2D eigenvalue weighted by Gasteiger charge is 2.70. The highest BCUT2D eigenvalue weighted by atomic mass is 32.1. The van der Waals surface area contributed by atoms with Crippen molar-refractivity contribution in [3.63, 3.8) is 0 Å². The van der Waals surface area contributed by atoms with E-state index in [2.05, 4.69) is 38.3 Å². The van der Waals surface area contributed by atoms with Gasteiger partial charge in [-0.25, -0.2) is 0 Å². The Morgan fingerprint density at radius 1 is 1.26 bits per heavy atom. The molecule has 0 radical (unpaired) electrons. The van der Waals surface area contributed by atoms with Crippen LogP contribution < -0.4 is 0 Å². The first-order valence-electron chi connectivity index (χ1n) is 8.83. The summed E-state index contributed by atoms with van der Waals surface area (Å²) in [4.78, 5) is 1.21. The summed E-state index contributed by atoms with van der Waals surface area (Å²) in [6.07, 6.45) is 4.37. The van der Waals surface area contributed by atoms with E-state index in [1.54, 1.807) is 11.3 Å². The minimum absolute atomic E-state index is 0.256. The summed E-state index contributed by atoms with van der Waals surface area (Å²) in [6, 6.07) is 4.24. The molecule has 1 saturated carbocycles. The van der Waals surface area contributed by atoms with E-state index >= 15 is 0 Å². The molecule has 4 heterocycles. The molecule has 2 bridgehead atoms. The van der Waals surface area contributed by atoms with Crippen molar-refractivity contribution in [1.29, 1.82) is 0 Å². The van der Waals surface area contributed by atoms with Gasteiger partial charge in [0.05, 0.1) is 4.88 Å². The van der Waals surface area contributed by atoms with Gasteiger partial charge in [0.2, 0.25) is 6.29 Å². The number of rotatable bonds is 1. The lowest BCUT2D eigenvalue weighted by molar-refractivity contribution is -0.242. The first-order chi connectivity index (χ1) is 11.0. The summed E-state index contributed by atoms with van der Waals surface area (Å²) < 4.78 is 19.5. The molecule has 6 atom stereocenters. The zero-order chi connectivity index (χ0) is 15.8. The van der Waals surface area contributed by atoms with Crippen LogP contribution in [-0.4, -0.2) is 17.7 Å². The van der Waals surface area contributed by atoms with Gasteiger partial charge in [0.1, 0.15) is 11.4 Å². The smallest absolute Gasteiger partial charge is 0.232 e. The van der Waals surface area contributed by atoms with Crippen molar-refractivity contribution in [1.82, 2.24) is 0 Å². The number of fused-ring (bicyclic) bond motifs is 1. The molecule has 124 valence electrons. The normalized spacial score (nSPS) is 48.1. The maximum absolute atomic E-state index is 6.67. The van der Waals surface area contributed by atoms with E-state index in [1.165, 1.54) is 29.7 Å². The van der Waals surface area contributed by atoms with Gasteiger partial charge in [-0.05, 0) is 62.0 Å². The highest BCUT2D eigenvalue weighted by Crippen LogP contribution is 2.63. The van der Waals surface area contributed by atoms with Crippen LogP contribution in [-0.2, 0) is 14.2 Å². The molecule has 5 rings (SSSR count). The summed E-state index contributed by atoms with van der Waals surface area (Å²) >= 11 is 1.74. The molecule has 23 heavy (non-hydrogen) atoms. The summed E-state index contributed by atoms with van der Waals surface area (Å²) in [6.45, 7) is 6.71. The number of hydrogen-bond donors (Lipinski definition) is 0. The summed E-state index contributed by atoms with van der Waals surface area (Å²) in [5, 5.41) is 2.11. The van der Waals surface area contributed by atoms with Crippen LogP contribution in [0.15, 0.2) is 23.1 Å². The number of ether oxygens (including phenoxy) is 3. The fourth-order valence-corrected chi connectivity index (χ4v) is 6.31. The zero-order valence-electron chi connectivity index (χ0n) is 14.0. The second kappa shape index (κ2) is 4.62. The molecule has 1 aromatic rings. The van der Waals surface area contributed by atoms with Gasteiger partial charge in [0.25, 0.3) is 0 Å². The quantitative estimate of drug-likeness (QED) is 0.740. The van der Waals surface area contributed by atoms with Crippen molar-refractivity contribution in [2.24, 2.45) is 17.8 Å². The van der Waals surface area contributed by atoms with Gasteiger partial charge in [0.15, 0.2) is 5.79 Å². The molecule has 1 spiro atoms. The zero-order valence-corrected chi connectivity index (χ0v) is 14.8. The third-order valence-electron chi connectivity index (χ3n) is 6.60. The Balaban J connectivity index is 1.66. The van der Waals surface area contributed by atoms with Crippen LogP contribution in [0.3, 0.4) is 0 Å². The molecule has 1 aliphatic carbocycles. The molecule has 2 saturated heterocycles. The first-order valence-corrected chi connectivity index (χ1v) is 9.71. The largest absolute Gasteiger partial charge is 0.460 e. The molecule has 3 aliphatic heterocycles. The molecule has 3 nitrogen and oxygen atoms in total. The van der Waals surface area contributed by atoms with Crippen molar-refractivity contribution in [3.8, 4) is 0 Å². The second-order valence-corrected chi connectivity index (χ2v) is 8.85. The minimum Gasteiger partial charge on any atom is -0.460 e. The Hall–Kier alpha value is -0.840. The lowest BCUT2D eigenvalue weighted by atomic mass is 9.58. The maximum atomic E-state index is 6.67. The minimum atomic E-state index is -0.471. The lowest BCUT2D eigenvalue weighted by Gasteiger charge is -2.55. The third kappa shape index (κ3) is 1.77. The fraction of sp³-hybridized carbons (Fsp3) is 0.684. The fourth-order valence-electron chi connectivity index (χ4n) is 5.54. The average molecular weight is 332 g/mol. The standard InChI is InChI=1S/C19H24O3S/c1-11-6-7-14-12(2)16(15-5-4-10-23-15)20-17-19(14)13(11)8-9-18(3,21-17)22-19/h4-5,10-11,13-14,17H,6-9H2,1-3H3/t11-,13+,14+,17-,18+,19-/m1/s1. The topological polar surface area (TPSA) is 27.7 Å². The average Bonchev–Trinajstić information content (AvgIpc) is 3.10. The van der Waals surface area contributed by atoms with E-state index in [0.717, 1.165) is 12.2 Å². The molecular formula is C19H24O3S. The SMILES string of the molecule is CC1=C(c2cccs2)O[C@@H]2O[C@]3(C)CC[C@H]4[C@H](C)CC[C@@H]1[C@@]24O3. The highest BCUT2D eigenvalue weighted by molar-refractivity contribution is 7.11. The van der Waals surface area contributed by atoms with E-state index in [9.17, 15) is 0 Å². The molecule has 4 aliphatic rings. The van der Waals surface area contributed by atoms with Gasteiger partial charge in [-0.2, -0.15) is 0 Å². The molecule has 0 aromatic carbocycles. The maximum Gasteiger partial charge on any atom is 0.232 e. The van der Waals surface area contributed by atoms with Gasteiger partial charge >= 0.3 is 0 Å². The van der Waals surface area contributed by atoms with Crippen LogP contribution >= 0.6 is 11.3 Å². The van der Waals surface area contributed by atoms with E-state index in [0.29, 0.717) is 17.8 Å². The summed E-state index contributed by atoms with van der Waals surface area (Å²) in [5.41, 5.74) is 1.09. The van der Waals surface area contributed by atoms with E-state index in [4.69, 9.17) is 14.2 Å². The van der Waals surface area contributed by atoms with Gasteiger partial charge in [-0.3, -0.25) is 0 Å². The van der Waals surface area contributed by atoms with Crippen LogP contribution in [0.25, 0.3) is 5.76 Å². The van der Waals surface area contributed by atoms with Gasteiger partial charge in [0, 0.05) is 12.3 Å². The van der Waals surface area contributed by atoms with Crippen molar-refractivity contribution >= 4 is 17.1 Å². The Bertz CT molecular complexity index is 666. The van der Waals surface area contributed by atoms with Crippen LogP contribution in [0.5, 0.6) is 0 Å². The monoisotopic (exact) mass is 332 g/mol. The molecule has 0 unspecified atom stereocenters. The van der Waals surface area contributed by atoms with E-state index < -0.39 is 5.79 Å². The van der Waals surface area contributed by atoms with Gasteiger partial charge < -0.3 is 14.2 Å². The molecule has 0 amide bonds. The molecule has 0 N–H and O–H groups in total. The Morgan fingerprint density at radius 3 is 2.91 bits per heavy atom. The molecule has 3 fully saturated rings. The van der Waals surface area contributed by atoms with Crippen LogP contribution in [0.1, 0.15) is 51.3 Å². The molecule has 4 heteroatoms. The van der Waals surface area contributed by atoms with Crippen molar-refractivity contribution in [3.05, 3.63) is 28.0 Å². The van der Waals surface area contributed by atoms with E-state index in [1.807, 2.05) is 0 Å². The predicted molar refractivity (Wildman–Crippen MR) is 89.7 cm³/mol. The third-order valence-corrected chi connectivity index (χ3v) is 7.47. The van der Waals surface area contributed by atoms with E-state index in [-0.39, 0.29) is 11.9 Å². The molecule has 1 aromatic heterocycles. The Morgan fingerprint density at radius 2 is 2.13 bits per heavy atom. The van der Waals surface area contributed by atoms with Crippen molar-refractivity contribution in [2.45, 2.75) is 64.1 Å². The van der Waals surface area contributed by atoms with Gasteiger partial charge in [-0.15, -0.1) is 11.3 Å². The number of thiophene rings is 1. The number of hydrogen-bond acceptors (Lipinski definition) is 4. The molecular weight excluding hydrogens is 308 g/mol. The summed E-state index contributed by atoms with van der Waals surface area (Å²) in [5.74, 6) is 2.21. The van der Waals surface area contributed by atoms with Crippen molar-refractivity contribution in [2.75, 3.05) is 0 Å². The Labute approximate surface area is 141 Å².